The monoisotopic (exact) mass is 226 g/mol. The lowest BCUT2D eigenvalue weighted by atomic mass is 9.80. The summed E-state index contributed by atoms with van der Waals surface area (Å²) in [5, 5.41) is 6.27. The van der Waals surface area contributed by atoms with E-state index in [0.29, 0.717) is 12.6 Å². The molecule has 0 heterocycles. The number of carbonyl (C=O) groups is 1. The largest absolute Gasteiger partial charge is 0.355 e. The Kier molecular flexibility index (Phi) is 5.81. The van der Waals surface area contributed by atoms with Crippen LogP contribution >= 0.6 is 0 Å². The maximum Gasteiger partial charge on any atom is 0.233 e. The molecule has 0 aromatic rings. The van der Waals surface area contributed by atoms with E-state index in [2.05, 4.69) is 31.4 Å². The minimum atomic E-state index is 0.132. The first kappa shape index (κ1) is 13.5. The third-order valence-corrected chi connectivity index (χ3v) is 3.30. The van der Waals surface area contributed by atoms with Crippen molar-refractivity contribution < 1.29 is 4.79 Å². The summed E-state index contributed by atoms with van der Waals surface area (Å²) in [6.45, 7) is 7.95. The Bertz CT molecular complexity index is 208. The molecular formula is C13H26N2O. The van der Waals surface area contributed by atoms with Crippen molar-refractivity contribution in [2.75, 3.05) is 13.1 Å². The van der Waals surface area contributed by atoms with Crippen LogP contribution < -0.4 is 10.6 Å². The van der Waals surface area contributed by atoms with E-state index in [1.54, 1.807) is 0 Å². The zero-order valence-corrected chi connectivity index (χ0v) is 10.9. The summed E-state index contributed by atoms with van der Waals surface area (Å²) in [7, 11) is 0. The second kappa shape index (κ2) is 6.89. The van der Waals surface area contributed by atoms with Crippen molar-refractivity contribution in [1.82, 2.24) is 10.6 Å². The van der Waals surface area contributed by atoms with Crippen molar-refractivity contribution in [3.05, 3.63) is 0 Å². The topological polar surface area (TPSA) is 41.1 Å². The molecule has 1 saturated carbocycles. The van der Waals surface area contributed by atoms with Gasteiger partial charge in [-0.25, -0.2) is 0 Å². The van der Waals surface area contributed by atoms with Gasteiger partial charge in [0.25, 0.3) is 0 Å². The average molecular weight is 226 g/mol. The van der Waals surface area contributed by atoms with Crippen LogP contribution in [0.2, 0.25) is 0 Å². The van der Waals surface area contributed by atoms with Crippen LogP contribution in [0, 0.1) is 11.8 Å². The average Bonchev–Trinajstić information content (AvgIpc) is 2.22. The fraction of sp³-hybridized carbons (Fsp3) is 0.923. The highest BCUT2D eigenvalue weighted by Crippen LogP contribution is 2.28. The lowest BCUT2D eigenvalue weighted by molar-refractivity contribution is -0.120. The van der Waals surface area contributed by atoms with Crippen LogP contribution in [0.25, 0.3) is 0 Å². The lowest BCUT2D eigenvalue weighted by Gasteiger charge is -2.31. The van der Waals surface area contributed by atoms with Gasteiger partial charge in [0, 0.05) is 12.6 Å². The van der Waals surface area contributed by atoms with E-state index in [-0.39, 0.29) is 5.91 Å². The fourth-order valence-electron chi connectivity index (χ4n) is 2.68. The minimum absolute atomic E-state index is 0.132. The number of amides is 1. The van der Waals surface area contributed by atoms with Crippen molar-refractivity contribution in [2.45, 2.75) is 52.5 Å². The lowest BCUT2D eigenvalue weighted by Crippen LogP contribution is -2.42. The highest BCUT2D eigenvalue weighted by atomic mass is 16.1. The smallest absolute Gasteiger partial charge is 0.233 e. The van der Waals surface area contributed by atoms with Gasteiger partial charge in [-0.3, -0.25) is 4.79 Å². The highest BCUT2D eigenvalue weighted by molar-refractivity contribution is 5.77. The molecule has 3 nitrogen and oxygen atoms in total. The highest BCUT2D eigenvalue weighted by Gasteiger charge is 2.23. The Hall–Kier alpha value is -0.570. The molecule has 0 radical (unpaired) electrons. The quantitative estimate of drug-likeness (QED) is 0.752. The SMILES string of the molecule is CCCNC(=O)CNC1CC(C)CC(C)C1. The van der Waals surface area contributed by atoms with E-state index < -0.39 is 0 Å². The maximum atomic E-state index is 11.4. The number of carbonyl (C=O) groups excluding carboxylic acids is 1. The van der Waals surface area contributed by atoms with Gasteiger partial charge < -0.3 is 10.6 Å². The van der Waals surface area contributed by atoms with Crippen LogP contribution in [0.5, 0.6) is 0 Å². The first-order valence-electron chi connectivity index (χ1n) is 6.61. The van der Waals surface area contributed by atoms with Crippen molar-refractivity contribution >= 4 is 5.91 Å². The summed E-state index contributed by atoms with van der Waals surface area (Å²) in [6, 6.07) is 0.533. The predicted molar refractivity (Wildman–Crippen MR) is 67.3 cm³/mol. The second-order valence-corrected chi connectivity index (χ2v) is 5.35. The Morgan fingerprint density at radius 3 is 2.38 bits per heavy atom. The van der Waals surface area contributed by atoms with Gasteiger partial charge in [0.15, 0.2) is 0 Å². The summed E-state index contributed by atoms with van der Waals surface area (Å²) in [6.07, 6.45) is 4.76. The summed E-state index contributed by atoms with van der Waals surface area (Å²) in [4.78, 5) is 11.4. The van der Waals surface area contributed by atoms with Crippen molar-refractivity contribution in [3.63, 3.8) is 0 Å². The Balaban J connectivity index is 2.18. The molecule has 1 aliphatic rings. The molecule has 94 valence electrons. The molecule has 2 N–H and O–H groups in total. The van der Waals surface area contributed by atoms with Gasteiger partial charge in [0.2, 0.25) is 5.91 Å². The molecule has 0 bridgehead atoms. The van der Waals surface area contributed by atoms with Gasteiger partial charge in [-0.2, -0.15) is 0 Å². The summed E-state index contributed by atoms with van der Waals surface area (Å²) in [5.74, 6) is 1.72. The molecule has 0 aromatic carbocycles. The van der Waals surface area contributed by atoms with E-state index in [0.717, 1.165) is 24.8 Å². The van der Waals surface area contributed by atoms with Crippen LogP contribution in [-0.4, -0.2) is 25.0 Å². The number of hydrogen-bond donors (Lipinski definition) is 2. The van der Waals surface area contributed by atoms with E-state index in [4.69, 9.17) is 0 Å². The molecule has 1 fully saturated rings. The van der Waals surface area contributed by atoms with Gasteiger partial charge in [-0.05, 0) is 37.5 Å². The van der Waals surface area contributed by atoms with E-state index in [1.807, 2.05) is 0 Å². The van der Waals surface area contributed by atoms with Gasteiger partial charge in [0.05, 0.1) is 6.54 Å². The Morgan fingerprint density at radius 2 is 1.81 bits per heavy atom. The Labute approximate surface area is 99.4 Å². The molecule has 1 amide bonds. The summed E-state index contributed by atoms with van der Waals surface area (Å²) >= 11 is 0. The minimum Gasteiger partial charge on any atom is -0.355 e. The van der Waals surface area contributed by atoms with Gasteiger partial charge in [0.1, 0.15) is 0 Å². The molecule has 2 unspecified atom stereocenters. The van der Waals surface area contributed by atoms with Gasteiger partial charge >= 0.3 is 0 Å². The van der Waals surface area contributed by atoms with Crippen LogP contribution in [0.4, 0.5) is 0 Å². The molecule has 0 aromatic heterocycles. The zero-order valence-electron chi connectivity index (χ0n) is 10.9. The first-order valence-corrected chi connectivity index (χ1v) is 6.61. The normalized spacial score (nSPS) is 30.1. The predicted octanol–water partition coefficient (Wildman–Crippen LogP) is 1.93. The molecule has 0 spiro atoms. The molecule has 16 heavy (non-hydrogen) atoms. The van der Waals surface area contributed by atoms with Crippen molar-refractivity contribution in [1.29, 1.82) is 0 Å². The molecular weight excluding hydrogens is 200 g/mol. The fourth-order valence-corrected chi connectivity index (χ4v) is 2.68. The van der Waals surface area contributed by atoms with Gasteiger partial charge in [-0.1, -0.05) is 20.8 Å². The molecule has 1 aliphatic carbocycles. The van der Waals surface area contributed by atoms with Crippen molar-refractivity contribution in [2.24, 2.45) is 11.8 Å². The van der Waals surface area contributed by atoms with E-state index in [1.165, 1.54) is 19.3 Å². The van der Waals surface area contributed by atoms with E-state index >= 15 is 0 Å². The van der Waals surface area contributed by atoms with Crippen LogP contribution in [0.3, 0.4) is 0 Å². The number of nitrogens with one attached hydrogen (secondary N) is 2. The zero-order chi connectivity index (χ0) is 12.0. The summed E-state index contributed by atoms with van der Waals surface area (Å²) < 4.78 is 0. The second-order valence-electron chi connectivity index (χ2n) is 5.35. The molecule has 2 atom stereocenters. The van der Waals surface area contributed by atoms with Gasteiger partial charge in [-0.15, -0.1) is 0 Å². The molecule has 1 rings (SSSR count). The molecule has 0 aliphatic heterocycles. The van der Waals surface area contributed by atoms with Crippen LogP contribution in [-0.2, 0) is 4.79 Å². The maximum absolute atomic E-state index is 11.4. The molecule has 0 saturated heterocycles. The van der Waals surface area contributed by atoms with Crippen LogP contribution in [0.1, 0.15) is 46.5 Å². The third-order valence-electron chi connectivity index (χ3n) is 3.30. The number of rotatable bonds is 5. The Morgan fingerprint density at radius 1 is 1.19 bits per heavy atom. The van der Waals surface area contributed by atoms with E-state index in [9.17, 15) is 4.79 Å². The standard InChI is InChI=1S/C13H26N2O/c1-4-5-14-13(16)9-15-12-7-10(2)6-11(3)8-12/h10-12,15H,4-9H2,1-3H3,(H,14,16). The summed E-state index contributed by atoms with van der Waals surface area (Å²) in [5.41, 5.74) is 0. The van der Waals surface area contributed by atoms with Crippen LogP contribution in [0.15, 0.2) is 0 Å². The first-order chi connectivity index (χ1) is 7.61. The van der Waals surface area contributed by atoms with Crippen molar-refractivity contribution in [3.8, 4) is 0 Å². The number of hydrogen-bond acceptors (Lipinski definition) is 2. The molecule has 3 heteroatoms. The third kappa shape index (κ3) is 4.97.